The highest BCUT2D eigenvalue weighted by atomic mass is 16.5. The molecule has 1 fully saturated rings. The molecule has 0 amide bonds. The summed E-state index contributed by atoms with van der Waals surface area (Å²) in [5.74, 6) is 1.67. The van der Waals surface area contributed by atoms with Crippen LogP contribution in [0.2, 0.25) is 0 Å². The largest absolute Gasteiger partial charge is 0.383 e. The van der Waals surface area contributed by atoms with Gasteiger partial charge in [-0.05, 0) is 23.7 Å². The highest BCUT2D eigenvalue weighted by molar-refractivity contribution is 5.29. The van der Waals surface area contributed by atoms with Gasteiger partial charge in [0.1, 0.15) is 0 Å². The summed E-state index contributed by atoms with van der Waals surface area (Å²) in [7, 11) is 1.72. The van der Waals surface area contributed by atoms with E-state index in [1.165, 1.54) is 0 Å². The molecule has 0 spiro atoms. The Morgan fingerprint density at radius 2 is 1.95 bits per heavy atom. The molecule has 108 valence electrons. The van der Waals surface area contributed by atoms with E-state index in [9.17, 15) is 0 Å². The molecule has 1 aromatic rings. The van der Waals surface area contributed by atoms with Crippen LogP contribution in [0.5, 0.6) is 0 Å². The van der Waals surface area contributed by atoms with Crippen LogP contribution in [0, 0.1) is 23.7 Å². The van der Waals surface area contributed by atoms with E-state index in [2.05, 4.69) is 48.8 Å². The summed E-state index contributed by atoms with van der Waals surface area (Å²) in [5, 5.41) is 3.35. The Hall–Kier alpha value is -1.03. The normalized spacial score (nSPS) is 20.5. The molecule has 0 aromatic carbocycles. The molecule has 0 bridgehead atoms. The number of nitrogens with zero attached hydrogens (tertiary/aromatic N) is 2. The first-order valence-electron chi connectivity index (χ1n) is 7.07. The first-order chi connectivity index (χ1) is 8.80. The van der Waals surface area contributed by atoms with E-state index in [1.807, 2.05) is 6.92 Å². The predicted octanol–water partition coefficient (Wildman–Crippen LogP) is 2.93. The van der Waals surface area contributed by atoms with Gasteiger partial charge < -0.3 is 14.6 Å². The number of aryl methyl sites for hydroxylation is 1. The van der Waals surface area contributed by atoms with Gasteiger partial charge in [0.25, 0.3) is 0 Å². The minimum Gasteiger partial charge on any atom is -0.383 e. The number of imidazole rings is 1. The maximum absolute atomic E-state index is 5.07. The quantitative estimate of drug-likeness (QED) is 0.804. The van der Waals surface area contributed by atoms with Crippen molar-refractivity contribution in [3.05, 3.63) is 11.9 Å². The van der Waals surface area contributed by atoms with Crippen molar-refractivity contribution in [1.29, 1.82) is 0 Å². The Kier molecular flexibility index (Phi) is 3.65. The molecule has 4 nitrogen and oxygen atoms in total. The van der Waals surface area contributed by atoms with Crippen LogP contribution < -0.4 is 5.32 Å². The highest BCUT2D eigenvalue weighted by Gasteiger charge is 2.64. The van der Waals surface area contributed by atoms with E-state index in [0.717, 1.165) is 24.7 Å². The minimum absolute atomic E-state index is 0.412. The van der Waals surface area contributed by atoms with Crippen molar-refractivity contribution < 1.29 is 4.74 Å². The lowest BCUT2D eigenvalue weighted by molar-refractivity contribution is 0.210. The van der Waals surface area contributed by atoms with Crippen LogP contribution >= 0.6 is 0 Å². The summed E-state index contributed by atoms with van der Waals surface area (Å²) in [4.78, 5) is 4.56. The summed E-state index contributed by atoms with van der Waals surface area (Å²) in [6, 6.07) is 0. The van der Waals surface area contributed by atoms with Gasteiger partial charge >= 0.3 is 0 Å². The Morgan fingerprint density at radius 1 is 1.32 bits per heavy atom. The van der Waals surface area contributed by atoms with Crippen LogP contribution in [0.15, 0.2) is 6.20 Å². The smallest absolute Gasteiger partial charge is 0.203 e. The van der Waals surface area contributed by atoms with Crippen molar-refractivity contribution in [1.82, 2.24) is 9.55 Å². The van der Waals surface area contributed by atoms with Crippen LogP contribution in [-0.4, -0.2) is 29.8 Å². The van der Waals surface area contributed by atoms with Crippen LogP contribution in [0.3, 0.4) is 0 Å². The second-order valence-electron chi connectivity index (χ2n) is 6.77. The van der Waals surface area contributed by atoms with Crippen molar-refractivity contribution in [2.45, 2.75) is 41.2 Å². The van der Waals surface area contributed by atoms with Crippen molar-refractivity contribution in [2.24, 2.45) is 16.7 Å². The highest BCUT2D eigenvalue weighted by Crippen LogP contribution is 2.68. The van der Waals surface area contributed by atoms with Gasteiger partial charge in [-0.1, -0.05) is 27.7 Å². The zero-order valence-electron chi connectivity index (χ0n) is 13.1. The van der Waals surface area contributed by atoms with Crippen molar-refractivity contribution in [3.8, 4) is 0 Å². The van der Waals surface area contributed by atoms with Crippen LogP contribution in [0.25, 0.3) is 0 Å². The summed E-state index contributed by atoms with van der Waals surface area (Å²) in [5.41, 5.74) is 1.89. The van der Waals surface area contributed by atoms with E-state index in [-0.39, 0.29) is 0 Å². The van der Waals surface area contributed by atoms with Crippen molar-refractivity contribution in [2.75, 3.05) is 25.6 Å². The minimum atomic E-state index is 0.412. The molecule has 0 aliphatic heterocycles. The Labute approximate surface area is 116 Å². The van der Waals surface area contributed by atoms with Crippen molar-refractivity contribution >= 4 is 5.95 Å². The SMILES string of the molecule is COCCNc1nc(C)cn1CC1C(C)(C)C1(C)C. The molecule has 0 atom stereocenters. The fraction of sp³-hybridized carbons (Fsp3) is 0.800. The summed E-state index contributed by atoms with van der Waals surface area (Å²) in [6.07, 6.45) is 2.14. The summed E-state index contributed by atoms with van der Waals surface area (Å²) >= 11 is 0. The lowest BCUT2D eigenvalue weighted by Gasteiger charge is -2.10. The number of hydrogen-bond acceptors (Lipinski definition) is 3. The molecule has 4 heteroatoms. The monoisotopic (exact) mass is 265 g/mol. The number of methoxy groups -OCH3 is 1. The number of nitrogens with one attached hydrogen (secondary N) is 1. The predicted molar refractivity (Wildman–Crippen MR) is 78.4 cm³/mol. The van der Waals surface area contributed by atoms with Gasteiger partial charge in [0.05, 0.1) is 12.3 Å². The van der Waals surface area contributed by atoms with Crippen molar-refractivity contribution in [3.63, 3.8) is 0 Å². The molecular formula is C15H27N3O. The standard InChI is InChI=1S/C15H27N3O/c1-11-9-18(13(17-11)16-7-8-19-6)10-12-14(2,3)15(12,4)5/h9,12H,7-8,10H2,1-6H3,(H,16,17). The Morgan fingerprint density at radius 3 is 2.47 bits per heavy atom. The maximum atomic E-state index is 5.07. The lowest BCUT2D eigenvalue weighted by Crippen LogP contribution is -2.13. The van der Waals surface area contributed by atoms with E-state index >= 15 is 0 Å². The maximum Gasteiger partial charge on any atom is 0.203 e. The van der Waals surface area contributed by atoms with Crippen LogP contribution in [0.4, 0.5) is 5.95 Å². The third kappa shape index (κ3) is 2.50. The molecule has 19 heavy (non-hydrogen) atoms. The molecule has 1 aliphatic carbocycles. The zero-order chi connectivity index (χ0) is 14.3. The molecule has 0 radical (unpaired) electrons. The first kappa shape index (κ1) is 14.4. The number of rotatable bonds is 6. The van der Waals surface area contributed by atoms with Gasteiger partial charge in [0.2, 0.25) is 5.95 Å². The Bertz CT molecular complexity index is 434. The molecule has 1 aromatic heterocycles. The van der Waals surface area contributed by atoms with Gasteiger partial charge in [-0.15, -0.1) is 0 Å². The number of anilines is 1. The molecule has 2 rings (SSSR count). The second kappa shape index (κ2) is 4.82. The third-order valence-electron chi connectivity index (χ3n) is 5.19. The van der Waals surface area contributed by atoms with Gasteiger partial charge in [0, 0.05) is 26.4 Å². The van der Waals surface area contributed by atoms with E-state index in [4.69, 9.17) is 4.74 Å². The van der Waals surface area contributed by atoms with E-state index in [1.54, 1.807) is 7.11 Å². The molecule has 1 N–H and O–H groups in total. The molecule has 1 aliphatic rings. The fourth-order valence-corrected chi connectivity index (χ4v) is 3.08. The topological polar surface area (TPSA) is 39.1 Å². The number of aromatic nitrogens is 2. The Balaban J connectivity index is 2.05. The molecule has 1 saturated carbocycles. The number of hydrogen-bond donors (Lipinski definition) is 1. The molecule has 0 saturated heterocycles. The molecule has 1 heterocycles. The van der Waals surface area contributed by atoms with E-state index in [0.29, 0.717) is 23.4 Å². The molecular weight excluding hydrogens is 238 g/mol. The van der Waals surface area contributed by atoms with Crippen LogP contribution in [0.1, 0.15) is 33.4 Å². The lowest BCUT2D eigenvalue weighted by atomic mass is 10.0. The number of ether oxygens (including phenoxy) is 1. The first-order valence-corrected chi connectivity index (χ1v) is 7.07. The van der Waals surface area contributed by atoms with Crippen LogP contribution in [-0.2, 0) is 11.3 Å². The van der Waals surface area contributed by atoms with Gasteiger partial charge in [0.15, 0.2) is 0 Å². The average Bonchev–Trinajstić information content (AvgIpc) is 2.61. The fourth-order valence-electron chi connectivity index (χ4n) is 3.08. The van der Waals surface area contributed by atoms with Gasteiger partial charge in [-0.2, -0.15) is 0 Å². The van der Waals surface area contributed by atoms with Gasteiger partial charge in [-0.3, -0.25) is 0 Å². The zero-order valence-corrected chi connectivity index (χ0v) is 13.1. The summed E-state index contributed by atoms with van der Waals surface area (Å²) < 4.78 is 7.33. The molecule has 0 unspecified atom stereocenters. The van der Waals surface area contributed by atoms with E-state index < -0.39 is 0 Å². The van der Waals surface area contributed by atoms with Gasteiger partial charge in [-0.25, -0.2) is 4.98 Å². The second-order valence-corrected chi connectivity index (χ2v) is 6.77. The third-order valence-corrected chi connectivity index (χ3v) is 5.19. The average molecular weight is 265 g/mol. The summed E-state index contributed by atoms with van der Waals surface area (Å²) in [6.45, 7) is 14.0.